The number of nitrogens with one attached hydrogen (secondary N) is 1. The van der Waals surface area contributed by atoms with Gasteiger partial charge in [-0.15, -0.1) is 0 Å². The second-order valence-electron chi connectivity index (χ2n) is 9.40. The van der Waals surface area contributed by atoms with Crippen molar-refractivity contribution in [2.45, 2.75) is 45.3 Å². The van der Waals surface area contributed by atoms with Crippen molar-refractivity contribution in [2.75, 3.05) is 13.3 Å². The number of allylic oxidation sites excluding steroid dienone is 1. The Balaban J connectivity index is 1.49. The van der Waals surface area contributed by atoms with Crippen LogP contribution in [-0.4, -0.2) is 35.4 Å². The van der Waals surface area contributed by atoms with E-state index >= 15 is 0 Å². The molecule has 4 rings (SSSR count). The number of carbonyl (C=O) groups is 1. The maximum atomic E-state index is 13.4. The number of Topliss-reactive ketones (excluding diaryl/α,β-unsaturated/α-hetero) is 1. The predicted octanol–water partition coefficient (Wildman–Crippen LogP) is 5.46. The Hall–Kier alpha value is -3.61. The zero-order valence-corrected chi connectivity index (χ0v) is 20.9. The number of carbonyl (C=O) groups excluding carboxylic acids is 1. The molecule has 0 saturated carbocycles. The van der Waals surface area contributed by atoms with Crippen LogP contribution in [0.4, 0.5) is 0 Å². The van der Waals surface area contributed by atoms with Crippen LogP contribution in [0.1, 0.15) is 61.5 Å². The number of fused-ring (bicyclic) bond motifs is 1. The third-order valence-corrected chi connectivity index (χ3v) is 6.42. The summed E-state index contributed by atoms with van der Waals surface area (Å²) >= 11 is 0. The first-order valence-electron chi connectivity index (χ1n) is 12.3. The molecule has 6 nitrogen and oxygen atoms in total. The van der Waals surface area contributed by atoms with E-state index in [0.29, 0.717) is 35.1 Å². The number of ether oxygens (including phenoxy) is 2. The maximum Gasteiger partial charge on any atom is 0.231 e. The summed E-state index contributed by atoms with van der Waals surface area (Å²) in [6, 6.07) is 20.0. The van der Waals surface area contributed by atoms with Gasteiger partial charge in [0.2, 0.25) is 6.79 Å². The number of aromatic hydroxyl groups is 1. The lowest BCUT2D eigenvalue weighted by Gasteiger charge is -2.21. The van der Waals surface area contributed by atoms with Crippen molar-refractivity contribution in [3.8, 4) is 17.2 Å². The van der Waals surface area contributed by atoms with Gasteiger partial charge in [0.25, 0.3) is 0 Å². The number of phenolic OH excluding ortho intramolecular Hbond substituents is 1. The van der Waals surface area contributed by atoms with Crippen molar-refractivity contribution in [3.63, 3.8) is 0 Å². The Morgan fingerprint density at radius 3 is 2.31 bits per heavy atom. The number of rotatable bonds is 10. The minimum Gasteiger partial charge on any atom is -0.508 e. The van der Waals surface area contributed by atoms with E-state index in [9.17, 15) is 15.0 Å². The zero-order valence-electron chi connectivity index (χ0n) is 20.9. The lowest BCUT2D eigenvalue weighted by Crippen LogP contribution is -2.33. The van der Waals surface area contributed by atoms with Crippen molar-refractivity contribution >= 4 is 17.4 Å². The molecule has 2 atom stereocenters. The summed E-state index contributed by atoms with van der Waals surface area (Å²) < 4.78 is 11.0. The summed E-state index contributed by atoms with van der Waals surface area (Å²) in [4.78, 5) is 13.4. The molecule has 0 aliphatic carbocycles. The molecule has 0 fully saturated rings. The maximum absolute atomic E-state index is 13.4. The van der Waals surface area contributed by atoms with E-state index in [1.807, 2.05) is 43.3 Å². The molecule has 1 aliphatic rings. The molecular weight excluding hydrogens is 454 g/mol. The molecule has 0 radical (unpaired) electrons. The quantitative estimate of drug-likeness (QED) is 0.260. The van der Waals surface area contributed by atoms with Gasteiger partial charge in [-0.3, -0.25) is 4.79 Å². The highest BCUT2D eigenvalue weighted by Crippen LogP contribution is 2.35. The van der Waals surface area contributed by atoms with Crippen LogP contribution >= 0.6 is 0 Å². The Labute approximate surface area is 212 Å². The van der Waals surface area contributed by atoms with Crippen molar-refractivity contribution in [1.29, 1.82) is 0 Å². The standard InChI is InChI=1S/C30H33NO5/c1-19(2)22-6-4-21(5-7-22)16-26(24-10-13-28-29(17-24)36-18-35-28)27(33)14-15-31-20(3)30(34)23-8-11-25(32)12-9-23/h4-13,16-17,19-20,30-32,34H,14-15,18H2,1-3H3/b26-16+. The summed E-state index contributed by atoms with van der Waals surface area (Å²) in [5.74, 6) is 1.87. The summed E-state index contributed by atoms with van der Waals surface area (Å²) in [6.07, 6.45) is 1.42. The third-order valence-electron chi connectivity index (χ3n) is 6.42. The van der Waals surface area contributed by atoms with Gasteiger partial charge in [-0.2, -0.15) is 0 Å². The van der Waals surface area contributed by atoms with E-state index in [0.717, 1.165) is 11.1 Å². The SMILES string of the molecule is CC(C)c1ccc(/C=C(/C(=O)CCNC(C)C(O)c2ccc(O)cc2)c2ccc3c(c2)OCO3)cc1. The highest BCUT2D eigenvalue weighted by Gasteiger charge is 2.20. The summed E-state index contributed by atoms with van der Waals surface area (Å²) in [5, 5.41) is 23.3. The third kappa shape index (κ3) is 6.14. The molecule has 0 saturated heterocycles. The molecule has 2 unspecified atom stereocenters. The average molecular weight is 488 g/mol. The van der Waals surface area contributed by atoms with E-state index in [4.69, 9.17) is 9.47 Å². The van der Waals surface area contributed by atoms with E-state index in [-0.39, 0.29) is 30.8 Å². The number of hydrogen-bond acceptors (Lipinski definition) is 6. The van der Waals surface area contributed by atoms with Gasteiger partial charge in [0.1, 0.15) is 5.75 Å². The van der Waals surface area contributed by atoms with E-state index in [1.54, 1.807) is 24.3 Å². The van der Waals surface area contributed by atoms with Gasteiger partial charge in [-0.25, -0.2) is 0 Å². The first-order chi connectivity index (χ1) is 17.3. The molecule has 0 spiro atoms. The van der Waals surface area contributed by atoms with Crippen LogP contribution in [0.2, 0.25) is 0 Å². The fraction of sp³-hybridized carbons (Fsp3) is 0.300. The minimum atomic E-state index is -0.760. The molecule has 1 heterocycles. The molecule has 3 aromatic rings. The number of hydrogen-bond donors (Lipinski definition) is 3. The Kier molecular flexibility index (Phi) is 8.08. The molecule has 6 heteroatoms. The van der Waals surface area contributed by atoms with Gasteiger partial charge in [-0.1, -0.05) is 56.3 Å². The number of benzene rings is 3. The summed E-state index contributed by atoms with van der Waals surface area (Å²) in [7, 11) is 0. The summed E-state index contributed by atoms with van der Waals surface area (Å²) in [6.45, 7) is 6.75. The number of aliphatic hydroxyl groups excluding tert-OH is 1. The fourth-order valence-electron chi connectivity index (χ4n) is 4.15. The fourth-order valence-corrected chi connectivity index (χ4v) is 4.15. The number of aliphatic hydroxyl groups is 1. The second-order valence-corrected chi connectivity index (χ2v) is 9.40. The first kappa shape index (κ1) is 25.5. The topological polar surface area (TPSA) is 88.0 Å². The molecule has 3 aromatic carbocycles. The van der Waals surface area contributed by atoms with Gasteiger partial charge >= 0.3 is 0 Å². The zero-order chi connectivity index (χ0) is 25.7. The molecule has 0 bridgehead atoms. The number of ketones is 1. The van der Waals surface area contributed by atoms with Crippen LogP contribution in [0.3, 0.4) is 0 Å². The Bertz CT molecular complexity index is 1220. The lowest BCUT2D eigenvalue weighted by molar-refractivity contribution is -0.113. The van der Waals surface area contributed by atoms with Gasteiger partial charge in [0, 0.05) is 24.6 Å². The van der Waals surface area contributed by atoms with Crippen molar-refractivity contribution in [2.24, 2.45) is 0 Å². The van der Waals surface area contributed by atoms with Crippen molar-refractivity contribution in [3.05, 3.63) is 89.0 Å². The monoisotopic (exact) mass is 487 g/mol. The van der Waals surface area contributed by atoms with Gasteiger partial charge in [0.15, 0.2) is 17.3 Å². The molecule has 3 N–H and O–H groups in total. The van der Waals surface area contributed by atoms with Crippen LogP contribution in [0.5, 0.6) is 17.2 Å². The normalized spacial score (nSPS) is 14.6. The molecular formula is C30H33NO5. The lowest BCUT2D eigenvalue weighted by atomic mass is 9.95. The predicted molar refractivity (Wildman–Crippen MR) is 141 cm³/mol. The van der Waals surface area contributed by atoms with Crippen LogP contribution in [-0.2, 0) is 4.79 Å². The molecule has 0 aromatic heterocycles. The largest absolute Gasteiger partial charge is 0.508 e. The van der Waals surface area contributed by atoms with E-state index < -0.39 is 6.10 Å². The van der Waals surface area contributed by atoms with Crippen LogP contribution in [0.25, 0.3) is 11.6 Å². The highest BCUT2D eigenvalue weighted by molar-refractivity contribution is 6.25. The van der Waals surface area contributed by atoms with Crippen LogP contribution in [0.15, 0.2) is 66.7 Å². The highest BCUT2D eigenvalue weighted by atomic mass is 16.7. The number of phenols is 1. The first-order valence-corrected chi connectivity index (χ1v) is 12.3. The molecule has 188 valence electrons. The smallest absolute Gasteiger partial charge is 0.231 e. The van der Waals surface area contributed by atoms with Gasteiger partial charge in [-0.05, 0) is 65.4 Å². The van der Waals surface area contributed by atoms with Crippen molar-refractivity contribution < 1.29 is 24.5 Å². The molecule has 1 aliphatic heterocycles. The summed E-state index contributed by atoms with van der Waals surface area (Å²) in [5.41, 5.74) is 4.26. The molecule has 36 heavy (non-hydrogen) atoms. The van der Waals surface area contributed by atoms with Gasteiger partial charge < -0.3 is 25.0 Å². The van der Waals surface area contributed by atoms with Crippen LogP contribution < -0.4 is 14.8 Å². The average Bonchev–Trinajstić information content (AvgIpc) is 3.35. The Morgan fingerprint density at radius 2 is 1.61 bits per heavy atom. The Morgan fingerprint density at radius 1 is 0.944 bits per heavy atom. The van der Waals surface area contributed by atoms with Gasteiger partial charge in [0.05, 0.1) is 6.10 Å². The van der Waals surface area contributed by atoms with E-state index in [1.165, 1.54) is 5.56 Å². The second kappa shape index (κ2) is 11.4. The minimum absolute atomic E-state index is 0.0133. The molecule has 0 amide bonds. The van der Waals surface area contributed by atoms with E-state index in [2.05, 4.69) is 31.3 Å². The van der Waals surface area contributed by atoms with Crippen molar-refractivity contribution in [1.82, 2.24) is 5.32 Å². The van der Waals surface area contributed by atoms with Crippen LogP contribution in [0, 0.1) is 0 Å².